The fourth-order valence-electron chi connectivity index (χ4n) is 10.0. The Bertz CT molecular complexity index is 1990. The highest BCUT2D eigenvalue weighted by Gasteiger charge is 2.47. The number of nitrogens with one attached hydrogen (secondary N) is 1. The second-order valence-electron chi connectivity index (χ2n) is 23.5. The van der Waals surface area contributed by atoms with E-state index < -0.39 is 67.4 Å². The second-order valence-corrected chi connectivity index (χ2v) is 23.5. The Kier molecular flexibility index (Phi) is 58.1. The minimum Gasteiger partial charge on any atom is -0.454 e. The lowest BCUT2D eigenvalue weighted by molar-refractivity contribution is -0.305. The van der Waals surface area contributed by atoms with Crippen LogP contribution in [0.2, 0.25) is 0 Å². The molecule has 0 saturated carbocycles. The van der Waals surface area contributed by atoms with Crippen LogP contribution in [0, 0.1) is 0 Å². The number of ether oxygens (including phenoxy) is 3. The van der Waals surface area contributed by atoms with E-state index in [1.807, 2.05) is 6.08 Å². The fraction of sp³-hybridized carbons (Fsp3) is 0.662. The molecule has 1 rings (SSSR count). The normalized spacial score (nSPS) is 19.1. The van der Waals surface area contributed by atoms with E-state index >= 15 is 0 Å². The number of rotatable bonds is 58. The lowest BCUT2D eigenvalue weighted by Gasteiger charge is -2.41. The quantitative estimate of drug-likeness (QED) is 0.0195. The van der Waals surface area contributed by atoms with Crippen molar-refractivity contribution in [1.82, 2.24) is 5.32 Å². The smallest absolute Gasteiger partial charge is 0.306 e. The van der Waals surface area contributed by atoms with E-state index in [1.54, 1.807) is 6.08 Å². The molecule has 0 bridgehead atoms. The van der Waals surface area contributed by atoms with Crippen molar-refractivity contribution in [1.29, 1.82) is 0 Å². The van der Waals surface area contributed by atoms with E-state index in [2.05, 4.69) is 160 Å². The molecule has 11 heteroatoms. The predicted octanol–water partition coefficient (Wildman–Crippen LogP) is 18.1. The van der Waals surface area contributed by atoms with E-state index in [-0.39, 0.29) is 19.4 Å². The molecular weight excluding hydrogens is 1100 g/mol. The summed E-state index contributed by atoms with van der Waals surface area (Å²) < 4.78 is 17.7. The van der Waals surface area contributed by atoms with Gasteiger partial charge in [0.15, 0.2) is 12.4 Å². The largest absolute Gasteiger partial charge is 0.454 e. The van der Waals surface area contributed by atoms with Gasteiger partial charge in [-0.3, -0.25) is 9.59 Å². The molecule has 11 nitrogen and oxygen atoms in total. The van der Waals surface area contributed by atoms with Crippen molar-refractivity contribution in [2.45, 2.75) is 314 Å². The summed E-state index contributed by atoms with van der Waals surface area (Å²) in [6.07, 6.45) is 80.2. The molecule has 1 aliphatic rings. The van der Waals surface area contributed by atoms with E-state index in [0.29, 0.717) is 12.8 Å². The van der Waals surface area contributed by atoms with Gasteiger partial charge in [0.2, 0.25) is 5.91 Å². The van der Waals surface area contributed by atoms with Gasteiger partial charge in [-0.05, 0) is 122 Å². The van der Waals surface area contributed by atoms with E-state index in [4.69, 9.17) is 14.2 Å². The van der Waals surface area contributed by atoms with E-state index in [1.165, 1.54) is 64.2 Å². The van der Waals surface area contributed by atoms with Crippen molar-refractivity contribution in [3.8, 4) is 0 Å². The predicted molar refractivity (Wildman–Crippen MR) is 370 cm³/mol. The van der Waals surface area contributed by atoms with Gasteiger partial charge in [0, 0.05) is 6.42 Å². The number of amides is 1. The lowest BCUT2D eigenvalue weighted by atomic mass is 9.99. The van der Waals surface area contributed by atoms with E-state index in [0.717, 1.165) is 154 Å². The number of carbonyl (C=O) groups is 2. The lowest BCUT2D eigenvalue weighted by Crippen LogP contribution is -2.61. The number of aliphatic hydroxyl groups excluding tert-OH is 5. The Hall–Kier alpha value is -4.46. The Balaban J connectivity index is 2.61. The first kappa shape index (κ1) is 81.6. The van der Waals surface area contributed by atoms with Crippen LogP contribution in [-0.4, -0.2) is 99.6 Å². The van der Waals surface area contributed by atoms with Crippen molar-refractivity contribution in [2.75, 3.05) is 13.2 Å². The standard InChI is InChI=1S/C77H127NO10/c1-4-7-10-13-16-19-22-25-27-29-31-33-34-35-36-37-38-39-41-43-45-47-50-53-56-59-62-65-72(82)88-75-74(84)73(83)71(66-79)87-77(75)86-67-68(69(80)63-60-57-54-51-48-24-21-18-15-12-9-6-3)78-76(85)70(81)64-61-58-55-52-49-46-44-42-40-32-30-28-26-23-20-17-14-11-8-5-2/h7-8,10-11,16-17,19-20,25-28,31-33,35-36,38-40,44,46,60,63,68-71,73-75,77,79-81,83-84H,4-6,9,12-15,18,21-24,29-30,34,37,41-43,45,47-59,61-62,64-67H2,1-3H3,(H,78,85)/b10-7-,11-8-,19-16-,20-17-,27-25-,28-26-,33-31-,36-35-,39-38-,40-32-,46-44-,63-60+. The summed E-state index contributed by atoms with van der Waals surface area (Å²) in [5.74, 6) is -1.23. The maximum absolute atomic E-state index is 13.5. The van der Waals surface area contributed by atoms with Crippen LogP contribution in [0.3, 0.4) is 0 Å². The van der Waals surface area contributed by atoms with Gasteiger partial charge in [0.1, 0.15) is 24.4 Å². The van der Waals surface area contributed by atoms with Crippen molar-refractivity contribution in [3.63, 3.8) is 0 Å². The first-order valence-electron chi connectivity index (χ1n) is 35.1. The molecule has 0 aromatic rings. The second kappa shape index (κ2) is 62.7. The van der Waals surface area contributed by atoms with Gasteiger partial charge in [-0.1, -0.05) is 282 Å². The number of carbonyl (C=O) groups excluding carboxylic acids is 2. The molecule has 500 valence electrons. The number of unbranched alkanes of at least 4 members (excludes halogenated alkanes) is 22. The minimum absolute atomic E-state index is 0.102. The summed E-state index contributed by atoms with van der Waals surface area (Å²) in [6.45, 7) is 5.55. The highest BCUT2D eigenvalue weighted by molar-refractivity contribution is 5.80. The Labute approximate surface area is 536 Å². The van der Waals surface area contributed by atoms with Crippen LogP contribution >= 0.6 is 0 Å². The first-order valence-corrected chi connectivity index (χ1v) is 35.1. The first-order chi connectivity index (χ1) is 43.2. The molecule has 0 aliphatic carbocycles. The fourth-order valence-corrected chi connectivity index (χ4v) is 10.0. The van der Waals surface area contributed by atoms with Gasteiger partial charge in [0.25, 0.3) is 0 Å². The van der Waals surface area contributed by atoms with Crippen LogP contribution in [-0.2, 0) is 23.8 Å². The van der Waals surface area contributed by atoms with E-state index in [9.17, 15) is 35.1 Å². The molecule has 8 atom stereocenters. The highest BCUT2D eigenvalue weighted by atomic mass is 16.7. The number of esters is 1. The summed E-state index contributed by atoms with van der Waals surface area (Å²) in [5, 5.41) is 57.2. The zero-order valence-electron chi connectivity index (χ0n) is 55.5. The summed E-state index contributed by atoms with van der Waals surface area (Å²) >= 11 is 0. The minimum atomic E-state index is -1.63. The van der Waals surface area contributed by atoms with Crippen LogP contribution in [0.1, 0.15) is 265 Å². The molecule has 6 N–H and O–H groups in total. The van der Waals surface area contributed by atoms with Crippen molar-refractivity contribution in [2.24, 2.45) is 0 Å². The molecule has 1 heterocycles. The molecule has 0 radical (unpaired) electrons. The molecule has 1 fully saturated rings. The molecule has 0 aromatic heterocycles. The monoisotopic (exact) mass is 1230 g/mol. The highest BCUT2D eigenvalue weighted by Crippen LogP contribution is 2.26. The van der Waals surface area contributed by atoms with Crippen LogP contribution in [0.25, 0.3) is 0 Å². The maximum Gasteiger partial charge on any atom is 0.306 e. The summed E-state index contributed by atoms with van der Waals surface area (Å²) in [4.78, 5) is 26.7. The summed E-state index contributed by atoms with van der Waals surface area (Å²) in [7, 11) is 0. The SMILES string of the molecule is CC/C=C\C/C=C\C/C=C\C/C=C\C/C=C\C/C=C\CCCCCCCCCCC(=O)OC1C(OCC(NC(=O)C(O)CCCCCC/C=C\C/C=C\C/C=C\C/C=C\C/C=C\CC)C(O)/C=C/CCCCCCCCCCCC)OC(CO)C(O)C1O. The third-order valence-electron chi connectivity index (χ3n) is 15.5. The van der Waals surface area contributed by atoms with Crippen molar-refractivity contribution in [3.05, 3.63) is 146 Å². The molecule has 0 spiro atoms. The van der Waals surface area contributed by atoms with Crippen molar-refractivity contribution < 1.29 is 49.3 Å². The Morgan fingerprint density at radius 3 is 1.23 bits per heavy atom. The third-order valence-corrected chi connectivity index (χ3v) is 15.5. The summed E-state index contributed by atoms with van der Waals surface area (Å²) in [6, 6.07) is -1.05. The Morgan fingerprint density at radius 1 is 0.455 bits per heavy atom. The molecule has 1 saturated heterocycles. The van der Waals surface area contributed by atoms with Gasteiger partial charge >= 0.3 is 5.97 Å². The number of allylic oxidation sites excluding steroid dienone is 23. The van der Waals surface area contributed by atoms with Gasteiger partial charge in [0.05, 0.1) is 25.4 Å². The van der Waals surface area contributed by atoms with Crippen molar-refractivity contribution >= 4 is 11.9 Å². The van der Waals surface area contributed by atoms with Crippen LogP contribution < -0.4 is 5.32 Å². The molecule has 0 aromatic carbocycles. The van der Waals surface area contributed by atoms with Gasteiger partial charge in [-0.25, -0.2) is 0 Å². The van der Waals surface area contributed by atoms with Crippen LogP contribution in [0.5, 0.6) is 0 Å². The third kappa shape index (κ3) is 49.3. The number of hydrogen-bond donors (Lipinski definition) is 6. The maximum atomic E-state index is 13.5. The molecule has 1 amide bonds. The zero-order chi connectivity index (χ0) is 63.9. The summed E-state index contributed by atoms with van der Waals surface area (Å²) in [5.41, 5.74) is 0. The zero-order valence-corrected chi connectivity index (χ0v) is 55.5. The van der Waals surface area contributed by atoms with Gasteiger partial charge in [-0.15, -0.1) is 0 Å². The van der Waals surface area contributed by atoms with Gasteiger partial charge in [-0.2, -0.15) is 0 Å². The molecule has 88 heavy (non-hydrogen) atoms. The van der Waals surface area contributed by atoms with Crippen LogP contribution in [0.4, 0.5) is 0 Å². The average molecular weight is 1230 g/mol. The topological polar surface area (TPSA) is 175 Å². The van der Waals surface area contributed by atoms with Crippen LogP contribution in [0.15, 0.2) is 146 Å². The number of aliphatic hydroxyl groups is 5. The Morgan fingerprint density at radius 2 is 0.818 bits per heavy atom. The molecular formula is C77H127NO10. The molecule has 8 unspecified atom stereocenters. The molecule has 1 aliphatic heterocycles. The average Bonchev–Trinajstić information content (AvgIpc) is 1.29. The van der Waals surface area contributed by atoms with Gasteiger partial charge < -0.3 is 45.1 Å². The number of hydrogen-bond acceptors (Lipinski definition) is 10.